The zero-order chi connectivity index (χ0) is 12.4. The molecule has 1 heterocycles. The van der Waals surface area contributed by atoms with Crippen LogP contribution in [-0.2, 0) is 0 Å². The summed E-state index contributed by atoms with van der Waals surface area (Å²) in [6.07, 6.45) is 0. The fourth-order valence-electron chi connectivity index (χ4n) is 1.95. The quantitative estimate of drug-likeness (QED) is 0.841. The van der Waals surface area contributed by atoms with Gasteiger partial charge in [0.1, 0.15) is 0 Å². The lowest BCUT2D eigenvalue weighted by atomic mass is 10.1. The van der Waals surface area contributed by atoms with E-state index in [9.17, 15) is 4.79 Å². The van der Waals surface area contributed by atoms with Crippen LogP contribution in [0.2, 0.25) is 5.02 Å². The highest BCUT2D eigenvalue weighted by Crippen LogP contribution is 2.23. The summed E-state index contributed by atoms with van der Waals surface area (Å²) in [6.45, 7) is 4.42. The Morgan fingerprint density at radius 3 is 2.89 bits per heavy atom. The van der Waals surface area contributed by atoms with Crippen molar-refractivity contribution in [1.82, 2.24) is 10.2 Å². The lowest BCUT2D eigenvalue weighted by Gasteiger charge is -2.32. The van der Waals surface area contributed by atoms with E-state index in [0.717, 1.165) is 24.1 Å². The van der Waals surface area contributed by atoms with Gasteiger partial charge in [0.25, 0.3) is 5.91 Å². The molecular weight excluding hydrogens is 339 g/mol. The molecule has 1 atom stereocenters. The van der Waals surface area contributed by atoms with E-state index in [0.29, 0.717) is 16.6 Å². The highest BCUT2D eigenvalue weighted by molar-refractivity contribution is 9.10. The number of amides is 1. The van der Waals surface area contributed by atoms with Crippen LogP contribution >= 0.6 is 39.9 Å². The Morgan fingerprint density at radius 1 is 1.56 bits per heavy atom. The van der Waals surface area contributed by atoms with Gasteiger partial charge in [0.15, 0.2) is 0 Å². The van der Waals surface area contributed by atoms with E-state index >= 15 is 0 Å². The molecule has 1 aliphatic rings. The van der Waals surface area contributed by atoms with Crippen molar-refractivity contribution in [3.05, 3.63) is 33.3 Å². The Morgan fingerprint density at radius 2 is 2.28 bits per heavy atom. The number of rotatable bonds is 1. The smallest absolute Gasteiger partial charge is 0.255 e. The van der Waals surface area contributed by atoms with Gasteiger partial charge in [0, 0.05) is 35.2 Å². The largest absolute Gasteiger partial charge is 0.336 e. The van der Waals surface area contributed by atoms with Crippen molar-refractivity contribution in [2.24, 2.45) is 0 Å². The molecule has 2 rings (SSSR count). The molecule has 6 heteroatoms. The number of carbonyl (C=O) groups excluding carboxylic acids is 1. The standard InChI is InChI=1S/C12H14BrClN2O.ClH/c1-8-7-16(5-4-15-8)12(17)10-3-2-9(14)6-11(10)13;/h2-3,6,8,15H,4-5,7H2,1H3;1H/t8-;/m0./s1. The maximum absolute atomic E-state index is 12.3. The Kier molecular flexibility index (Phi) is 5.92. The summed E-state index contributed by atoms with van der Waals surface area (Å²) in [5, 5.41) is 3.94. The predicted octanol–water partition coefficient (Wildman–Crippen LogP) is 2.96. The summed E-state index contributed by atoms with van der Waals surface area (Å²) in [5.74, 6) is 0.0573. The summed E-state index contributed by atoms with van der Waals surface area (Å²) >= 11 is 9.25. The van der Waals surface area contributed by atoms with E-state index in [-0.39, 0.29) is 18.3 Å². The second-order valence-corrected chi connectivity index (χ2v) is 5.52. The van der Waals surface area contributed by atoms with Gasteiger partial charge < -0.3 is 10.2 Å². The van der Waals surface area contributed by atoms with Gasteiger partial charge in [-0.1, -0.05) is 11.6 Å². The highest BCUT2D eigenvalue weighted by atomic mass is 79.9. The summed E-state index contributed by atoms with van der Waals surface area (Å²) in [4.78, 5) is 14.2. The summed E-state index contributed by atoms with van der Waals surface area (Å²) < 4.78 is 0.751. The number of benzene rings is 1. The molecule has 1 aromatic carbocycles. The van der Waals surface area contributed by atoms with Crippen LogP contribution in [0.1, 0.15) is 17.3 Å². The van der Waals surface area contributed by atoms with E-state index in [4.69, 9.17) is 11.6 Å². The van der Waals surface area contributed by atoms with Crippen LogP contribution in [0.3, 0.4) is 0 Å². The van der Waals surface area contributed by atoms with E-state index in [1.807, 2.05) is 4.90 Å². The zero-order valence-corrected chi connectivity index (χ0v) is 13.1. The SMILES string of the molecule is C[C@H]1CN(C(=O)c2ccc(Cl)cc2Br)CCN1.Cl. The van der Waals surface area contributed by atoms with Gasteiger partial charge in [0.2, 0.25) is 0 Å². The Labute approximate surface area is 126 Å². The lowest BCUT2D eigenvalue weighted by Crippen LogP contribution is -2.51. The van der Waals surface area contributed by atoms with Crippen molar-refractivity contribution < 1.29 is 4.79 Å². The molecule has 0 spiro atoms. The minimum Gasteiger partial charge on any atom is -0.336 e. The van der Waals surface area contributed by atoms with Gasteiger partial charge in [-0.15, -0.1) is 12.4 Å². The van der Waals surface area contributed by atoms with Crippen LogP contribution in [0.5, 0.6) is 0 Å². The minimum atomic E-state index is 0. The van der Waals surface area contributed by atoms with Crippen LogP contribution in [0.4, 0.5) is 0 Å². The molecule has 1 aromatic rings. The number of hydrogen-bond acceptors (Lipinski definition) is 2. The Balaban J connectivity index is 0.00000162. The first kappa shape index (κ1) is 15.8. The first-order valence-corrected chi connectivity index (χ1v) is 6.72. The van der Waals surface area contributed by atoms with Gasteiger partial charge >= 0.3 is 0 Å². The number of carbonyl (C=O) groups is 1. The molecule has 1 saturated heterocycles. The molecule has 1 amide bonds. The predicted molar refractivity (Wildman–Crippen MR) is 79.8 cm³/mol. The first-order chi connectivity index (χ1) is 8.08. The maximum atomic E-state index is 12.3. The van der Waals surface area contributed by atoms with E-state index in [1.54, 1.807) is 18.2 Å². The highest BCUT2D eigenvalue weighted by Gasteiger charge is 2.22. The maximum Gasteiger partial charge on any atom is 0.255 e. The normalized spacial score (nSPS) is 19.3. The van der Waals surface area contributed by atoms with Crippen molar-refractivity contribution in [2.75, 3.05) is 19.6 Å². The van der Waals surface area contributed by atoms with Crippen molar-refractivity contribution >= 4 is 45.8 Å². The van der Waals surface area contributed by atoms with Crippen molar-refractivity contribution in [3.63, 3.8) is 0 Å². The van der Waals surface area contributed by atoms with Crippen LogP contribution in [-0.4, -0.2) is 36.5 Å². The fraction of sp³-hybridized carbons (Fsp3) is 0.417. The number of nitrogens with zero attached hydrogens (tertiary/aromatic N) is 1. The van der Waals surface area contributed by atoms with E-state index in [1.165, 1.54) is 0 Å². The average Bonchev–Trinajstić information content (AvgIpc) is 2.28. The molecule has 0 unspecified atom stereocenters. The van der Waals surface area contributed by atoms with E-state index < -0.39 is 0 Å². The molecule has 0 aromatic heterocycles. The van der Waals surface area contributed by atoms with Gasteiger partial charge in [-0.05, 0) is 41.1 Å². The third-order valence-corrected chi connectivity index (χ3v) is 3.71. The van der Waals surface area contributed by atoms with Gasteiger partial charge in [-0.2, -0.15) is 0 Å². The van der Waals surface area contributed by atoms with Crippen LogP contribution in [0, 0.1) is 0 Å². The third-order valence-electron chi connectivity index (χ3n) is 2.82. The van der Waals surface area contributed by atoms with Crippen LogP contribution in [0.25, 0.3) is 0 Å². The topological polar surface area (TPSA) is 32.3 Å². The number of hydrogen-bond donors (Lipinski definition) is 1. The van der Waals surface area contributed by atoms with Crippen molar-refractivity contribution in [1.29, 1.82) is 0 Å². The van der Waals surface area contributed by atoms with Crippen LogP contribution < -0.4 is 5.32 Å². The van der Waals surface area contributed by atoms with Gasteiger partial charge in [-0.3, -0.25) is 4.79 Å². The second kappa shape index (κ2) is 6.75. The molecule has 100 valence electrons. The van der Waals surface area contributed by atoms with Gasteiger partial charge in [-0.25, -0.2) is 0 Å². The van der Waals surface area contributed by atoms with Gasteiger partial charge in [0.05, 0.1) is 5.56 Å². The summed E-state index contributed by atoms with van der Waals surface area (Å²) in [7, 11) is 0. The molecule has 0 saturated carbocycles. The molecule has 1 N–H and O–H groups in total. The molecule has 18 heavy (non-hydrogen) atoms. The molecule has 3 nitrogen and oxygen atoms in total. The Hall–Kier alpha value is -0.290. The minimum absolute atomic E-state index is 0. The monoisotopic (exact) mass is 352 g/mol. The third kappa shape index (κ3) is 3.60. The number of nitrogens with one attached hydrogen (secondary N) is 1. The van der Waals surface area contributed by atoms with Crippen molar-refractivity contribution in [3.8, 4) is 0 Å². The number of piperazine rings is 1. The number of halogens is 3. The van der Waals surface area contributed by atoms with E-state index in [2.05, 4.69) is 28.2 Å². The molecule has 0 aliphatic carbocycles. The molecule has 1 fully saturated rings. The fourth-order valence-corrected chi connectivity index (χ4v) is 2.80. The average molecular weight is 354 g/mol. The summed E-state index contributed by atoms with van der Waals surface area (Å²) in [5.41, 5.74) is 0.670. The van der Waals surface area contributed by atoms with Crippen LogP contribution in [0.15, 0.2) is 22.7 Å². The summed E-state index contributed by atoms with van der Waals surface area (Å²) in [6, 6.07) is 5.60. The molecule has 0 bridgehead atoms. The first-order valence-electron chi connectivity index (χ1n) is 5.55. The Bertz CT molecular complexity index is 442. The molecule has 1 aliphatic heterocycles. The molecular formula is C12H15BrCl2N2O. The zero-order valence-electron chi connectivity index (χ0n) is 9.95. The lowest BCUT2D eigenvalue weighted by molar-refractivity contribution is 0.0708. The second-order valence-electron chi connectivity index (χ2n) is 4.23. The van der Waals surface area contributed by atoms with Crippen molar-refractivity contribution in [2.45, 2.75) is 13.0 Å². The molecule has 0 radical (unpaired) electrons.